The van der Waals surface area contributed by atoms with E-state index in [4.69, 9.17) is 9.47 Å². The van der Waals surface area contributed by atoms with Crippen molar-refractivity contribution in [2.45, 2.75) is 19.4 Å². The molecule has 7 heteroatoms. The Morgan fingerprint density at radius 2 is 1.88 bits per heavy atom. The number of imide groups is 1. The first-order valence-electron chi connectivity index (χ1n) is 8.06. The van der Waals surface area contributed by atoms with Gasteiger partial charge in [-0.2, -0.15) is 0 Å². The lowest BCUT2D eigenvalue weighted by Crippen LogP contribution is -2.35. The first-order chi connectivity index (χ1) is 12.4. The molecule has 3 rings (SSSR count). The van der Waals surface area contributed by atoms with Crippen molar-refractivity contribution in [2.75, 3.05) is 24.4 Å². The van der Waals surface area contributed by atoms with Crippen molar-refractivity contribution in [1.82, 2.24) is 0 Å². The molecular weight excluding hydrogens is 339 g/mol. The van der Waals surface area contributed by atoms with Crippen LogP contribution in [0, 0.1) is 12.7 Å². The third kappa shape index (κ3) is 3.20. The van der Waals surface area contributed by atoms with Crippen molar-refractivity contribution < 1.29 is 23.5 Å². The van der Waals surface area contributed by atoms with Gasteiger partial charge < -0.3 is 14.8 Å². The molecule has 0 aromatic heterocycles. The Labute approximate surface area is 150 Å². The van der Waals surface area contributed by atoms with Crippen molar-refractivity contribution in [2.24, 2.45) is 0 Å². The van der Waals surface area contributed by atoms with Crippen molar-refractivity contribution in [3.63, 3.8) is 0 Å². The van der Waals surface area contributed by atoms with Gasteiger partial charge in [0.05, 0.1) is 26.3 Å². The van der Waals surface area contributed by atoms with Gasteiger partial charge in [0.2, 0.25) is 5.91 Å². The number of rotatable bonds is 5. The van der Waals surface area contributed by atoms with Gasteiger partial charge in [-0.15, -0.1) is 0 Å². The molecule has 1 N–H and O–H groups in total. The summed E-state index contributed by atoms with van der Waals surface area (Å²) in [6.45, 7) is 1.65. The Bertz CT molecular complexity index is 869. The molecule has 1 fully saturated rings. The maximum Gasteiger partial charge on any atom is 0.256 e. The van der Waals surface area contributed by atoms with Gasteiger partial charge in [-0.25, -0.2) is 9.29 Å². The minimum atomic E-state index is -0.767. The lowest BCUT2D eigenvalue weighted by Gasteiger charge is -2.19. The Morgan fingerprint density at radius 1 is 1.12 bits per heavy atom. The molecule has 1 atom stereocenters. The van der Waals surface area contributed by atoms with E-state index in [2.05, 4.69) is 5.32 Å². The van der Waals surface area contributed by atoms with Crippen molar-refractivity contribution in [3.8, 4) is 11.5 Å². The number of ether oxygens (including phenoxy) is 2. The number of amides is 2. The van der Waals surface area contributed by atoms with E-state index in [-0.39, 0.29) is 18.1 Å². The smallest absolute Gasteiger partial charge is 0.256 e. The second-order valence-corrected chi connectivity index (χ2v) is 5.97. The number of benzene rings is 2. The van der Waals surface area contributed by atoms with Crippen molar-refractivity contribution >= 4 is 23.2 Å². The number of anilines is 2. The number of carbonyl (C=O) groups excluding carboxylic acids is 2. The van der Waals surface area contributed by atoms with Crippen LogP contribution in [0.2, 0.25) is 0 Å². The highest BCUT2D eigenvalue weighted by molar-refractivity contribution is 6.23. The molecule has 1 aliphatic heterocycles. The molecule has 0 bridgehead atoms. The Morgan fingerprint density at radius 3 is 2.54 bits per heavy atom. The predicted octanol–water partition coefficient (Wildman–Crippen LogP) is 2.90. The highest BCUT2D eigenvalue weighted by atomic mass is 19.1. The molecule has 0 spiro atoms. The normalized spacial score (nSPS) is 16.8. The van der Waals surface area contributed by atoms with E-state index in [1.54, 1.807) is 37.3 Å². The van der Waals surface area contributed by atoms with Gasteiger partial charge >= 0.3 is 0 Å². The Kier molecular flexibility index (Phi) is 4.79. The molecule has 136 valence electrons. The summed E-state index contributed by atoms with van der Waals surface area (Å²) in [5, 5.41) is 2.93. The number of nitrogens with zero attached hydrogens (tertiary/aromatic N) is 1. The predicted molar refractivity (Wildman–Crippen MR) is 95.2 cm³/mol. The van der Waals surface area contributed by atoms with Crippen LogP contribution in [0.1, 0.15) is 12.0 Å². The van der Waals surface area contributed by atoms with E-state index in [0.29, 0.717) is 28.4 Å². The average molecular weight is 358 g/mol. The summed E-state index contributed by atoms with van der Waals surface area (Å²) in [7, 11) is 2.97. The Balaban J connectivity index is 1.86. The second kappa shape index (κ2) is 7.03. The minimum Gasteiger partial charge on any atom is -0.497 e. The third-order valence-corrected chi connectivity index (χ3v) is 4.29. The quantitative estimate of drug-likeness (QED) is 0.833. The molecule has 6 nitrogen and oxygen atoms in total. The summed E-state index contributed by atoms with van der Waals surface area (Å²) in [6.07, 6.45) is -0.0243. The van der Waals surface area contributed by atoms with E-state index in [1.807, 2.05) is 0 Å². The average Bonchev–Trinajstić information content (AvgIpc) is 2.91. The topological polar surface area (TPSA) is 67.9 Å². The van der Waals surface area contributed by atoms with Gasteiger partial charge in [0, 0.05) is 11.8 Å². The van der Waals surface area contributed by atoms with Gasteiger partial charge in [0.1, 0.15) is 23.4 Å². The molecule has 0 aliphatic carbocycles. The summed E-state index contributed by atoms with van der Waals surface area (Å²) >= 11 is 0. The number of nitrogens with one attached hydrogen (secondary N) is 1. The molecule has 1 saturated heterocycles. The molecule has 0 saturated carbocycles. The highest BCUT2D eigenvalue weighted by Crippen LogP contribution is 2.35. The molecule has 2 amide bonds. The SMILES string of the molecule is COc1ccc(N2C(=O)C[C@@H](Nc3ccc(C)c(F)c3)C2=O)c(OC)c1. The summed E-state index contributed by atoms with van der Waals surface area (Å²) in [5.74, 6) is -0.244. The molecule has 1 aliphatic rings. The number of hydrogen-bond acceptors (Lipinski definition) is 5. The minimum absolute atomic E-state index is 0.0243. The largest absolute Gasteiger partial charge is 0.497 e. The summed E-state index contributed by atoms with van der Waals surface area (Å²) in [5.41, 5.74) is 1.31. The zero-order chi connectivity index (χ0) is 18.8. The molecule has 26 heavy (non-hydrogen) atoms. The standard InChI is InChI=1S/C19H19FN2O4/c1-11-4-5-12(8-14(11)20)21-15-10-18(23)22(19(15)24)16-7-6-13(25-2)9-17(16)26-3/h4-9,15,21H,10H2,1-3H3/t15-/m1/s1. The lowest BCUT2D eigenvalue weighted by atomic mass is 10.2. The number of hydrogen-bond donors (Lipinski definition) is 1. The zero-order valence-corrected chi connectivity index (χ0v) is 14.7. The number of carbonyl (C=O) groups is 2. The van der Waals surface area contributed by atoms with Crippen LogP contribution >= 0.6 is 0 Å². The third-order valence-electron chi connectivity index (χ3n) is 4.29. The van der Waals surface area contributed by atoms with Crippen LogP contribution in [0.5, 0.6) is 11.5 Å². The molecule has 1 heterocycles. The Hall–Kier alpha value is -3.09. The molecule has 0 radical (unpaired) electrons. The first-order valence-corrected chi connectivity index (χ1v) is 8.06. The van der Waals surface area contributed by atoms with E-state index in [1.165, 1.54) is 20.3 Å². The number of aryl methyl sites for hydroxylation is 1. The van der Waals surface area contributed by atoms with Gasteiger partial charge in [-0.1, -0.05) is 6.07 Å². The maximum absolute atomic E-state index is 13.7. The first kappa shape index (κ1) is 17.7. The summed E-state index contributed by atoms with van der Waals surface area (Å²) in [4.78, 5) is 26.3. The zero-order valence-electron chi connectivity index (χ0n) is 14.7. The number of halogens is 1. The fraction of sp³-hybridized carbons (Fsp3) is 0.263. The fourth-order valence-corrected chi connectivity index (χ4v) is 2.85. The van der Waals surface area contributed by atoms with Crippen LogP contribution in [0.25, 0.3) is 0 Å². The maximum atomic E-state index is 13.7. The van der Waals surface area contributed by atoms with Gasteiger partial charge in [-0.05, 0) is 36.8 Å². The molecular formula is C19H19FN2O4. The number of methoxy groups -OCH3 is 2. The van der Waals surface area contributed by atoms with Crippen molar-refractivity contribution in [1.29, 1.82) is 0 Å². The summed E-state index contributed by atoms with van der Waals surface area (Å²) < 4.78 is 24.1. The van der Waals surface area contributed by atoms with Crippen molar-refractivity contribution in [3.05, 3.63) is 47.8 Å². The molecule has 2 aromatic carbocycles. The van der Waals surface area contributed by atoms with Crippen LogP contribution in [-0.2, 0) is 9.59 Å². The monoisotopic (exact) mass is 358 g/mol. The van der Waals surface area contributed by atoms with Crippen LogP contribution in [0.15, 0.2) is 36.4 Å². The van der Waals surface area contributed by atoms with Crippen LogP contribution < -0.4 is 19.7 Å². The van der Waals surface area contributed by atoms with Gasteiger partial charge in [0.25, 0.3) is 5.91 Å². The van der Waals surface area contributed by atoms with E-state index < -0.39 is 11.9 Å². The van der Waals surface area contributed by atoms with E-state index >= 15 is 0 Å². The molecule has 0 unspecified atom stereocenters. The van der Waals surface area contributed by atoms with Crippen LogP contribution in [0.3, 0.4) is 0 Å². The van der Waals surface area contributed by atoms with Crippen LogP contribution in [-0.4, -0.2) is 32.1 Å². The molecule has 2 aromatic rings. The summed E-state index contributed by atoms with van der Waals surface area (Å²) in [6, 6.07) is 8.68. The second-order valence-electron chi connectivity index (χ2n) is 5.97. The van der Waals surface area contributed by atoms with Gasteiger partial charge in [0.15, 0.2) is 0 Å². The fourth-order valence-electron chi connectivity index (χ4n) is 2.85. The van der Waals surface area contributed by atoms with E-state index in [0.717, 1.165) is 4.90 Å². The van der Waals surface area contributed by atoms with Gasteiger partial charge in [-0.3, -0.25) is 9.59 Å². The van der Waals surface area contributed by atoms with E-state index in [9.17, 15) is 14.0 Å². The lowest BCUT2D eigenvalue weighted by molar-refractivity contribution is -0.121. The highest BCUT2D eigenvalue weighted by Gasteiger charge is 2.40. The van der Waals surface area contributed by atoms with Crippen LogP contribution in [0.4, 0.5) is 15.8 Å².